The maximum absolute atomic E-state index is 12.3. The normalized spacial score (nSPS) is 14.3. The summed E-state index contributed by atoms with van der Waals surface area (Å²) < 4.78 is 2.13. The van der Waals surface area contributed by atoms with Crippen LogP contribution in [0.1, 0.15) is 11.6 Å². The summed E-state index contributed by atoms with van der Waals surface area (Å²) in [7, 11) is 4.02. The van der Waals surface area contributed by atoms with Gasteiger partial charge in [0.05, 0.1) is 22.6 Å². The van der Waals surface area contributed by atoms with E-state index in [1.807, 2.05) is 38.5 Å². The monoisotopic (exact) mass is 475 g/mol. The second-order valence-corrected chi connectivity index (χ2v) is 9.14. The number of para-hydroxylation sites is 1. The average molecular weight is 476 g/mol. The zero-order chi connectivity index (χ0) is 25.0. The number of amides is 1. The van der Waals surface area contributed by atoms with Gasteiger partial charge in [-0.15, -0.1) is 0 Å². The third kappa shape index (κ3) is 3.30. The lowest BCUT2D eigenvalue weighted by Gasteiger charge is -2.30. The number of rotatable bonds is 4. The quantitative estimate of drug-likeness (QED) is 0.376. The Morgan fingerprint density at radius 3 is 2.81 bits per heavy atom. The lowest BCUT2D eigenvalue weighted by atomic mass is 9.90. The summed E-state index contributed by atoms with van der Waals surface area (Å²) in [6.07, 6.45) is 4.66. The molecule has 0 saturated heterocycles. The predicted octanol–water partition coefficient (Wildman–Crippen LogP) is 4.32. The molecule has 8 heteroatoms. The Bertz CT molecular complexity index is 1690. The first-order valence-corrected chi connectivity index (χ1v) is 11.7. The molecule has 3 aromatic heterocycles. The molecule has 0 saturated carbocycles. The molecule has 36 heavy (non-hydrogen) atoms. The molecule has 1 atom stereocenters. The van der Waals surface area contributed by atoms with Gasteiger partial charge in [0.1, 0.15) is 17.8 Å². The molecule has 0 fully saturated rings. The first-order valence-electron chi connectivity index (χ1n) is 11.7. The van der Waals surface area contributed by atoms with Gasteiger partial charge in [-0.05, 0) is 35.9 Å². The van der Waals surface area contributed by atoms with Crippen molar-refractivity contribution in [3.63, 3.8) is 0 Å². The molecule has 0 radical (unpaired) electrons. The number of benzene rings is 2. The molecule has 5 aromatic rings. The number of nitrogens with two attached hydrogens (primary N) is 1. The second kappa shape index (κ2) is 8.20. The largest absolute Gasteiger partial charge is 0.383 e. The summed E-state index contributed by atoms with van der Waals surface area (Å²) in [6, 6.07) is 16.2. The third-order valence-electron chi connectivity index (χ3n) is 6.80. The molecule has 0 aliphatic carbocycles. The molecule has 3 N–H and O–H groups in total. The third-order valence-corrected chi connectivity index (χ3v) is 6.80. The molecule has 1 unspecified atom stereocenters. The van der Waals surface area contributed by atoms with E-state index in [4.69, 9.17) is 10.7 Å². The van der Waals surface area contributed by atoms with Crippen LogP contribution in [0, 0.1) is 0 Å². The van der Waals surface area contributed by atoms with Crippen LogP contribution in [0.5, 0.6) is 0 Å². The fourth-order valence-electron chi connectivity index (χ4n) is 5.11. The maximum atomic E-state index is 12.3. The van der Waals surface area contributed by atoms with Crippen molar-refractivity contribution in [2.75, 3.05) is 24.7 Å². The van der Waals surface area contributed by atoms with Crippen molar-refractivity contribution in [1.82, 2.24) is 24.8 Å². The van der Waals surface area contributed by atoms with Crippen LogP contribution in [0.15, 0.2) is 73.7 Å². The predicted molar refractivity (Wildman–Crippen MR) is 144 cm³/mol. The highest BCUT2D eigenvalue weighted by molar-refractivity contribution is 6.09. The molecule has 0 bridgehead atoms. The number of anilines is 2. The Labute approximate surface area is 208 Å². The van der Waals surface area contributed by atoms with Crippen molar-refractivity contribution in [3.8, 4) is 22.4 Å². The topological polar surface area (TPSA) is 102 Å². The van der Waals surface area contributed by atoms with E-state index in [1.165, 1.54) is 12.4 Å². The zero-order valence-corrected chi connectivity index (χ0v) is 20.1. The van der Waals surface area contributed by atoms with E-state index in [0.29, 0.717) is 12.4 Å². The van der Waals surface area contributed by atoms with Gasteiger partial charge in [-0.2, -0.15) is 0 Å². The molecule has 6 rings (SSSR count). The minimum absolute atomic E-state index is 0.226. The zero-order valence-electron chi connectivity index (χ0n) is 20.1. The summed E-state index contributed by atoms with van der Waals surface area (Å²) in [5.74, 6) is 0.178. The van der Waals surface area contributed by atoms with Crippen LogP contribution in [0.4, 0.5) is 11.5 Å². The number of nitrogen functional groups attached to an aromatic ring is 1. The summed E-state index contributed by atoms with van der Waals surface area (Å²) in [4.78, 5) is 28.1. The SMILES string of the molecule is C=CC(=O)NC1Cn2c(c(-c3cnc4ccccc4c3)c3c(N)ncnc32)-c2cc(N(C)C)ccc21. The van der Waals surface area contributed by atoms with Gasteiger partial charge in [0.25, 0.3) is 0 Å². The van der Waals surface area contributed by atoms with Crippen molar-refractivity contribution in [2.45, 2.75) is 12.6 Å². The van der Waals surface area contributed by atoms with Crippen LogP contribution in [-0.2, 0) is 11.3 Å². The van der Waals surface area contributed by atoms with Gasteiger partial charge in [0.15, 0.2) is 0 Å². The molecule has 178 valence electrons. The van der Waals surface area contributed by atoms with Crippen LogP contribution in [-0.4, -0.2) is 39.5 Å². The Balaban J connectivity index is 1.70. The minimum atomic E-state index is -0.261. The number of carbonyl (C=O) groups excluding carboxylic acids is 1. The van der Waals surface area contributed by atoms with Crippen LogP contribution in [0.2, 0.25) is 0 Å². The number of nitrogens with one attached hydrogen (secondary N) is 1. The molecule has 1 aliphatic rings. The Hall–Kier alpha value is -4.72. The number of carbonyl (C=O) groups is 1. The minimum Gasteiger partial charge on any atom is -0.383 e. The number of aromatic nitrogens is 4. The Kier molecular flexibility index (Phi) is 4.96. The van der Waals surface area contributed by atoms with Crippen LogP contribution in [0.25, 0.3) is 44.3 Å². The lowest BCUT2D eigenvalue weighted by molar-refractivity contribution is -0.117. The Morgan fingerprint density at radius 2 is 2.00 bits per heavy atom. The summed E-state index contributed by atoms with van der Waals surface area (Å²) in [6.45, 7) is 4.12. The van der Waals surface area contributed by atoms with Crippen molar-refractivity contribution in [1.29, 1.82) is 0 Å². The molecule has 1 amide bonds. The summed E-state index contributed by atoms with van der Waals surface area (Å²) in [5.41, 5.74) is 14.0. The number of hydrogen-bond acceptors (Lipinski definition) is 6. The standard InChI is InChI=1S/C28H25N7O/c1-4-23(36)33-22-14-35-26(20-12-18(34(2)3)9-10-19(20)22)24(25-27(29)31-15-32-28(25)35)17-11-16-7-5-6-8-21(16)30-13-17/h4-13,15,22H,1,14H2,2-3H3,(H,33,36)(H2,29,31,32). The fraction of sp³-hybridized carbons (Fsp3) is 0.143. The van der Waals surface area contributed by atoms with Gasteiger partial charge in [-0.1, -0.05) is 30.8 Å². The van der Waals surface area contributed by atoms with Crippen LogP contribution >= 0.6 is 0 Å². The van der Waals surface area contributed by atoms with E-state index in [2.05, 4.69) is 61.7 Å². The highest BCUT2D eigenvalue weighted by atomic mass is 16.1. The number of nitrogens with zero attached hydrogens (tertiary/aromatic N) is 5. The highest BCUT2D eigenvalue weighted by Crippen LogP contribution is 2.48. The molecule has 0 spiro atoms. The molecule has 2 aromatic carbocycles. The van der Waals surface area contributed by atoms with Crippen LogP contribution in [0.3, 0.4) is 0 Å². The van der Waals surface area contributed by atoms with E-state index in [1.54, 1.807) is 0 Å². The first-order chi connectivity index (χ1) is 17.5. The number of hydrogen-bond donors (Lipinski definition) is 2. The fourth-order valence-corrected chi connectivity index (χ4v) is 5.11. The van der Waals surface area contributed by atoms with E-state index >= 15 is 0 Å². The van der Waals surface area contributed by atoms with Gasteiger partial charge < -0.3 is 20.5 Å². The smallest absolute Gasteiger partial charge is 0.243 e. The first kappa shape index (κ1) is 21.8. The van der Waals surface area contributed by atoms with Crippen molar-refractivity contribution in [2.24, 2.45) is 0 Å². The number of pyridine rings is 1. The van der Waals surface area contributed by atoms with Crippen molar-refractivity contribution < 1.29 is 4.79 Å². The summed E-state index contributed by atoms with van der Waals surface area (Å²) >= 11 is 0. The van der Waals surface area contributed by atoms with E-state index in [-0.39, 0.29) is 11.9 Å². The lowest BCUT2D eigenvalue weighted by Crippen LogP contribution is -2.33. The van der Waals surface area contributed by atoms with Gasteiger partial charge in [0.2, 0.25) is 5.91 Å². The van der Waals surface area contributed by atoms with Crippen molar-refractivity contribution in [3.05, 3.63) is 79.3 Å². The maximum Gasteiger partial charge on any atom is 0.243 e. The average Bonchev–Trinajstić information content (AvgIpc) is 3.23. The summed E-state index contributed by atoms with van der Waals surface area (Å²) in [5, 5.41) is 4.90. The molecular formula is C28H25N7O. The van der Waals surface area contributed by atoms with Gasteiger partial charge in [-0.3, -0.25) is 9.78 Å². The molecule has 8 nitrogen and oxygen atoms in total. The van der Waals surface area contributed by atoms with Crippen LogP contribution < -0.4 is 16.0 Å². The van der Waals surface area contributed by atoms with Gasteiger partial charge >= 0.3 is 0 Å². The molecular weight excluding hydrogens is 450 g/mol. The Morgan fingerprint density at radius 1 is 1.17 bits per heavy atom. The van der Waals surface area contributed by atoms with Gasteiger partial charge in [0, 0.05) is 54.6 Å². The van der Waals surface area contributed by atoms with E-state index in [9.17, 15) is 4.79 Å². The van der Waals surface area contributed by atoms with E-state index < -0.39 is 0 Å². The van der Waals surface area contributed by atoms with Gasteiger partial charge in [-0.25, -0.2) is 9.97 Å². The highest BCUT2D eigenvalue weighted by Gasteiger charge is 2.32. The molecule has 4 heterocycles. The van der Waals surface area contributed by atoms with Crippen molar-refractivity contribution >= 4 is 39.3 Å². The number of fused-ring (bicyclic) bond motifs is 6. The van der Waals surface area contributed by atoms with E-state index in [0.717, 1.165) is 55.6 Å². The molecule has 1 aliphatic heterocycles. The second-order valence-electron chi connectivity index (χ2n) is 9.14.